The predicted molar refractivity (Wildman–Crippen MR) is 90.7 cm³/mol. The van der Waals surface area contributed by atoms with E-state index in [1.165, 1.54) is 14.2 Å². The third kappa shape index (κ3) is 4.27. The molecule has 0 aliphatic carbocycles. The van der Waals surface area contributed by atoms with Gasteiger partial charge in [0, 0.05) is 30.6 Å². The molecule has 1 saturated heterocycles. The van der Waals surface area contributed by atoms with Gasteiger partial charge in [0.15, 0.2) is 11.5 Å². The van der Waals surface area contributed by atoms with Crippen LogP contribution in [-0.2, 0) is 10.0 Å². The van der Waals surface area contributed by atoms with Gasteiger partial charge in [0.2, 0.25) is 10.0 Å². The van der Waals surface area contributed by atoms with Crippen molar-refractivity contribution in [2.24, 2.45) is 5.92 Å². The maximum Gasteiger partial charge on any atom is 0.254 e. The van der Waals surface area contributed by atoms with Crippen molar-refractivity contribution in [3.8, 4) is 11.5 Å². The van der Waals surface area contributed by atoms with Crippen LogP contribution < -0.4 is 14.2 Å². The number of carbonyl (C=O) groups is 1. The average molecular weight is 354 g/mol. The average Bonchev–Trinajstić information content (AvgIpc) is 3.07. The number of hydrogen-bond acceptors (Lipinski definition) is 5. The summed E-state index contributed by atoms with van der Waals surface area (Å²) in [7, 11) is -0.380. The first-order chi connectivity index (χ1) is 11.4. The van der Waals surface area contributed by atoms with Crippen molar-refractivity contribution in [1.29, 1.82) is 0 Å². The van der Waals surface area contributed by atoms with Gasteiger partial charge in [-0.1, -0.05) is 6.58 Å². The van der Waals surface area contributed by atoms with Crippen LogP contribution in [0.4, 0.5) is 0 Å². The van der Waals surface area contributed by atoms with Gasteiger partial charge in [0.1, 0.15) is 0 Å². The zero-order chi connectivity index (χ0) is 17.7. The van der Waals surface area contributed by atoms with Gasteiger partial charge in [-0.15, -0.1) is 0 Å². The van der Waals surface area contributed by atoms with E-state index in [1.54, 1.807) is 23.1 Å². The van der Waals surface area contributed by atoms with Crippen molar-refractivity contribution < 1.29 is 22.7 Å². The van der Waals surface area contributed by atoms with Crippen molar-refractivity contribution in [2.75, 3.05) is 33.9 Å². The van der Waals surface area contributed by atoms with E-state index in [4.69, 9.17) is 9.47 Å². The lowest BCUT2D eigenvalue weighted by Gasteiger charge is -2.17. The van der Waals surface area contributed by atoms with E-state index in [0.29, 0.717) is 36.7 Å². The van der Waals surface area contributed by atoms with Crippen LogP contribution in [0.2, 0.25) is 0 Å². The van der Waals surface area contributed by atoms with E-state index < -0.39 is 10.0 Å². The lowest BCUT2D eigenvalue weighted by molar-refractivity contribution is 0.0787. The topological polar surface area (TPSA) is 84.9 Å². The van der Waals surface area contributed by atoms with Crippen LogP contribution in [0.5, 0.6) is 11.5 Å². The van der Waals surface area contributed by atoms with Gasteiger partial charge in [-0.05, 0) is 30.5 Å². The Morgan fingerprint density at radius 3 is 2.71 bits per heavy atom. The quantitative estimate of drug-likeness (QED) is 0.796. The van der Waals surface area contributed by atoms with Gasteiger partial charge in [0.25, 0.3) is 5.91 Å². The molecule has 1 N–H and O–H groups in total. The maximum atomic E-state index is 12.6. The first kappa shape index (κ1) is 18.3. The molecule has 0 unspecified atom stereocenters. The van der Waals surface area contributed by atoms with Crippen molar-refractivity contribution in [2.45, 2.75) is 6.42 Å². The number of likely N-dealkylation sites (tertiary alicyclic amines) is 1. The Morgan fingerprint density at radius 1 is 1.38 bits per heavy atom. The number of sulfonamides is 1. The minimum Gasteiger partial charge on any atom is -0.493 e. The van der Waals surface area contributed by atoms with Crippen LogP contribution in [0.3, 0.4) is 0 Å². The zero-order valence-corrected chi connectivity index (χ0v) is 14.6. The van der Waals surface area contributed by atoms with Crippen molar-refractivity contribution in [3.63, 3.8) is 0 Å². The van der Waals surface area contributed by atoms with Gasteiger partial charge in [0.05, 0.1) is 14.2 Å². The highest BCUT2D eigenvalue weighted by molar-refractivity contribution is 7.92. The third-order valence-corrected chi connectivity index (χ3v) is 5.00. The summed E-state index contributed by atoms with van der Waals surface area (Å²) in [5, 5.41) is 0.883. The summed E-state index contributed by atoms with van der Waals surface area (Å²) in [5.74, 6) is 1.04. The van der Waals surface area contributed by atoms with E-state index >= 15 is 0 Å². The minimum atomic E-state index is -3.43. The number of carbonyl (C=O) groups excluding carboxylic acids is 1. The van der Waals surface area contributed by atoms with E-state index in [9.17, 15) is 13.2 Å². The molecule has 0 aromatic heterocycles. The molecular formula is C16H22N2O5S. The standard InChI is InChI=1S/C16H22N2O5S/c1-4-24(20,21)17-10-12-7-8-18(11-12)16(19)13-5-6-14(22-2)15(9-13)23-3/h4-6,9,12,17H,1,7-8,10-11H2,2-3H3/t12-/m1/s1. The lowest BCUT2D eigenvalue weighted by Crippen LogP contribution is -2.32. The number of benzene rings is 1. The fraction of sp³-hybridized carbons (Fsp3) is 0.438. The SMILES string of the molecule is C=CS(=O)(=O)NC[C@H]1CCN(C(=O)c2ccc(OC)c(OC)c2)C1. The van der Waals surface area contributed by atoms with E-state index in [1.807, 2.05) is 0 Å². The van der Waals surface area contributed by atoms with Crippen LogP contribution >= 0.6 is 0 Å². The molecule has 0 radical (unpaired) electrons. The minimum absolute atomic E-state index is 0.0869. The summed E-state index contributed by atoms with van der Waals surface area (Å²) in [6, 6.07) is 5.03. The monoisotopic (exact) mass is 354 g/mol. The fourth-order valence-corrected chi connectivity index (χ4v) is 3.21. The van der Waals surface area contributed by atoms with E-state index in [-0.39, 0.29) is 11.8 Å². The molecule has 7 nitrogen and oxygen atoms in total. The molecule has 1 aliphatic rings. The van der Waals surface area contributed by atoms with E-state index in [2.05, 4.69) is 11.3 Å². The molecule has 1 aromatic carbocycles. The molecule has 1 aliphatic heterocycles. The Labute approximate surface area is 142 Å². The van der Waals surface area contributed by atoms with Gasteiger partial charge in [-0.25, -0.2) is 13.1 Å². The summed E-state index contributed by atoms with van der Waals surface area (Å²) < 4.78 is 35.6. The summed E-state index contributed by atoms with van der Waals surface area (Å²) in [6.45, 7) is 4.65. The molecule has 0 bridgehead atoms. The smallest absolute Gasteiger partial charge is 0.254 e. The highest BCUT2D eigenvalue weighted by Gasteiger charge is 2.28. The molecule has 8 heteroatoms. The predicted octanol–water partition coefficient (Wildman–Crippen LogP) is 1.23. The first-order valence-corrected chi connectivity index (χ1v) is 9.08. The molecule has 1 heterocycles. The molecule has 132 valence electrons. The number of nitrogens with zero attached hydrogens (tertiary/aromatic N) is 1. The molecular weight excluding hydrogens is 332 g/mol. The number of amides is 1. The molecule has 1 aromatic rings. The number of rotatable bonds is 7. The second-order valence-electron chi connectivity index (χ2n) is 5.54. The second-order valence-corrected chi connectivity index (χ2v) is 7.25. The molecule has 1 fully saturated rings. The lowest BCUT2D eigenvalue weighted by atomic mass is 10.1. The molecule has 0 saturated carbocycles. The summed E-state index contributed by atoms with van der Waals surface area (Å²) >= 11 is 0. The summed E-state index contributed by atoms with van der Waals surface area (Å²) in [6.07, 6.45) is 0.749. The number of nitrogens with one attached hydrogen (secondary N) is 1. The van der Waals surface area contributed by atoms with Crippen LogP contribution in [-0.4, -0.2) is 53.1 Å². The second kappa shape index (κ2) is 7.67. The van der Waals surface area contributed by atoms with Crippen molar-refractivity contribution >= 4 is 15.9 Å². The fourth-order valence-electron chi connectivity index (χ4n) is 2.63. The van der Waals surface area contributed by atoms with Gasteiger partial charge < -0.3 is 14.4 Å². The number of ether oxygens (including phenoxy) is 2. The van der Waals surface area contributed by atoms with Crippen molar-refractivity contribution in [3.05, 3.63) is 35.7 Å². The van der Waals surface area contributed by atoms with Crippen LogP contribution in [0, 0.1) is 5.92 Å². The molecule has 0 spiro atoms. The van der Waals surface area contributed by atoms with Crippen LogP contribution in [0.1, 0.15) is 16.8 Å². The summed E-state index contributed by atoms with van der Waals surface area (Å²) in [4.78, 5) is 14.3. The largest absolute Gasteiger partial charge is 0.493 e. The Morgan fingerprint density at radius 2 is 2.08 bits per heavy atom. The van der Waals surface area contributed by atoms with Gasteiger partial charge in [-0.2, -0.15) is 0 Å². The van der Waals surface area contributed by atoms with Crippen LogP contribution in [0.15, 0.2) is 30.2 Å². The normalized spacial score (nSPS) is 17.6. The highest BCUT2D eigenvalue weighted by atomic mass is 32.2. The van der Waals surface area contributed by atoms with Crippen LogP contribution in [0.25, 0.3) is 0 Å². The highest BCUT2D eigenvalue weighted by Crippen LogP contribution is 2.29. The van der Waals surface area contributed by atoms with Gasteiger partial charge in [-0.3, -0.25) is 4.79 Å². The number of hydrogen-bond donors (Lipinski definition) is 1. The Balaban J connectivity index is 2.00. The van der Waals surface area contributed by atoms with E-state index in [0.717, 1.165) is 11.8 Å². The third-order valence-electron chi connectivity index (χ3n) is 4.00. The maximum absolute atomic E-state index is 12.6. The molecule has 1 atom stereocenters. The Bertz CT molecular complexity index is 717. The molecule has 24 heavy (non-hydrogen) atoms. The summed E-state index contributed by atoms with van der Waals surface area (Å²) in [5.41, 5.74) is 0.514. The number of methoxy groups -OCH3 is 2. The molecule has 1 amide bonds. The Hall–Kier alpha value is -2.06. The van der Waals surface area contributed by atoms with Gasteiger partial charge >= 0.3 is 0 Å². The molecule has 2 rings (SSSR count). The van der Waals surface area contributed by atoms with Crippen molar-refractivity contribution in [1.82, 2.24) is 9.62 Å². The Kier molecular flexibility index (Phi) is 5.84. The zero-order valence-electron chi connectivity index (χ0n) is 13.8. The first-order valence-electron chi connectivity index (χ1n) is 7.53.